The molecule has 3 amide bonds. The zero-order valence-corrected chi connectivity index (χ0v) is 37.1. The summed E-state index contributed by atoms with van der Waals surface area (Å²) in [6, 6.07) is -5.87. The van der Waals surface area contributed by atoms with Crippen molar-refractivity contribution in [3.8, 4) is 0 Å². The molecule has 366 valence electrons. The van der Waals surface area contributed by atoms with Gasteiger partial charge >= 0.3 is 53.7 Å². The Morgan fingerprint density at radius 3 is 0.727 bits per heavy atom. The van der Waals surface area contributed by atoms with Gasteiger partial charge < -0.3 is 72.8 Å². The molecule has 0 unspecified atom stereocenters. The Morgan fingerprint density at radius 2 is 0.545 bits per heavy atom. The summed E-state index contributed by atoms with van der Waals surface area (Å²) in [4.78, 5) is 156. The van der Waals surface area contributed by atoms with Crippen molar-refractivity contribution in [3.63, 3.8) is 0 Å². The minimum atomic E-state index is -2.13. The standard InChI is InChI=1S/C39H51N3O24/c1-13(43)55-10-22-28(58-16(4)46)31(61-19(7)49)25-34(64-22)37(52)41-26-32(62-20(8)50)29(59-17(5)47)23(11-56-14(2)44)65-35(26)39(54)42-27-33(63-21(9)51)30(60-18(6)48)24(12-57-15(3)45)66-36(27)38(53)40-25/h22-36H,10-12H2,1-9H3,(H,40,53)(H,41,52)(H,42,54)/t22-,23-,24-,25-,26-,27-,28-,29-,30-,31-,32-,33-,34-,35-,36-/m1/s1. The molecule has 15 atom stereocenters. The molecule has 0 spiro atoms. The highest BCUT2D eigenvalue weighted by atomic mass is 16.7. The second kappa shape index (κ2) is 22.6. The van der Waals surface area contributed by atoms with E-state index >= 15 is 0 Å². The van der Waals surface area contributed by atoms with E-state index in [9.17, 15) is 57.5 Å². The molecule has 0 aromatic heterocycles. The van der Waals surface area contributed by atoms with Crippen LogP contribution >= 0.6 is 0 Å². The van der Waals surface area contributed by atoms with Crippen LogP contribution in [0.5, 0.6) is 0 Å². The summed E-state index contributed by atoms with van der Waals surface area (Å²) < 4.78 is 66.9. The molecule has 4 aliphatic heterocycles. The molecule has 4 heterocycles. The van der Waals surface area contributed by atoms with Gasteiger partial charge in [0.2, 0.25) is 0 Å². The summed E-state index contributed by atoms with van der Waals surface area (Å²) in [7, 11) is 0. The van der Waals surface area contributed by atoms with Crippen molar-refractivity contribution in [1.29, 1.82) is 0 Å². The van der Waals surface area contributed by atoms with Gasteiger partial charge in [0.25, 0.3) is 17.7 Å². The number of carbonyl (C=O) groups is 12. The van der Waals surface area contributed by atoms with E-state index in [1.807, 2.05) is 0 Å². The molecule has 0 radical (unpaired) electrons. The summed E-state index contributed by atoms with van der Waals surface area (Å²) in [5, 5.41) is 7.37. The Morgan fingerprint density at radius 1 is 0.348 bits per heavy atom. The van der Waals surface area contributed by atoms with Crippen molar-refractivity contribution >= 4 is 71.4 Å². The lowest BCUT2D eigenvalue weighted by Gasteiger charge is -2.49. The van der Waals surface area contributed by atoms with Crippen LogP contribution in [-0.2, 0) is 114 Å². The van der Waals surface area contributed by atoms with E-state index in [4.69, 9.17) is 56.8 Å². The zero-order chi connectivity index (χ0) is 49.3. The molecule has 0 aromatic rings. The van der Waals surface area contributed by atoms with Gasteiger partial charge in [0.1, 0.15) is 56.3 Å². The number of nitrogens with one attached hydrogen (secondary N) is 3. The highest BCUT2D eigenvalue weighted by molar-refractivity contribution is 5.90. The molecule has 0 saturated carbocycles. The van der Waals surface area contributed by atoms with Crippen LogP contribution < -0.4 is 16.0 Å². The smallest absolute Gasteiger partial charge is 0.303 e. The van der Waals surface area contributed by atoms with Crippen LogP contribution in [0.3, 0.4) is 0 Å². The quantitative estimate of drug-likeness (QED) is 0.124. The highest BCUT2D eigenvalue weighted by Gasteiger charge is 2.60. The molecular formula is C39H51N3O24. The Kier molecular flexibility index (Phi) is 17.9. The summed E-state index contributed by atoms with van der Waals surface area (Å²) in [5.41, 5.74) is 0. The van der Waals surface area contributed by atoms with Gasteiger partial charge in [-0.3, -0.25) is 57.5 Å². The van der Waals surface area contributed by atoms with E-state index in [1.54, 1.807) is 0 Å². The molecule has 4 saturated heterocycles. The largest absolute Gasteiger partial charge is 0.463 e. The second-order valence-corrected chi connectivity index (χ2v) is 15.2. The number of ether oxygens (including phenoxy) is 12. The molecule has 0 aromatic carbocycles. The molecule has 4 aliphatic rings. The van der Waals surface area contributed by atoms with Gasteiger partial charge in [-0.15, -0.1) is 0 Å². The second-order valence-electron chi connectivity index (χ2n) is 15.2. The van der Waals surface area contributed by atoms with Gasteiger partial charge in [-0.25, -0.2) is 0 Å². The maximum atomic E-state index is 14.8. The lowest BCUT2D eigenvalue weighted by atomic mass is 9.86. The third-order valence-electron chi connectivity index (χ3n) is 9.94. The van der Waals surface area contributed by atoms with E-state index in [2.05, 4.69) is 16.0 Å². The molecule has 66 heavy (non-hydrogen) atoms. The van der Waals surface area contributed by atoms with Crippen molar-refractivity contribution in [2.45, 2.75) is 154 Å². The predicted molar refractivity (Wildman–Crippen MR) is 205 cm³/mol. The summed E-state index contributed by atoms with van der Waals surface area (Å²) in [5.74, 6) is -12.8. The first-order valence-corrected chi connectivity index (χ1v) is 20.2. The molecule has 27 nitrogen and oxygen atoms in total. The fourth-order valence-corrected chi connectivity index (χ4v) is 7.70. The van der Waals surface area contributed by atoms with Crippen LogP contribution in [-0.4, -0.2) is 183 Å². The van der Waals surface area contributed by atoms with Crippen molar-refractivity contribution in [2.75, 3.05) is 19.8 Å². The molecule has 4 rings (SSSR count). The number of fused-ring (bicyclic) bond motifs is 3. The van der Waals surface area contributed by atoms with E-state index in [0.29, 0.717) is 0 Å². The van der Waals surface area contributed by atoms with Crippen molar-refractivity contribution in [1.82, 2.24) is 16.0 Å². The van der Waals surface area contributed by atoms with E-state index in [1.165, 1.54) is 0 Å². The van der Waals surface area contributed by atoms with Crippen LogP contribution in [0.25, 0.3) is 0 Å². The van der Waals surface area contributed by atoms with Crippen molar-refractivity contribution in [2.24, 2.45) is 0 Å². The topological polar surface area (TPSA) is 352 Å². The Balaban J connectivity index is 2.06. The van der Waals surface area contributed by atoms with Gasteiger partial charge in [0, 0.05) is 62.3 Å². The SMILES string of the molecule is CC(=O)OC[C@H]1O[C@H]2C(=O)N[C@@H]3[C@@H](OC(C)=O)[C@H](OC(C)=O)[C@@H](COC(C)=O)O[C@H]3C(=O)N[C@@H]3[C@@H](OC(C)=O)[C@H](OC(C)=O)[C@@H](COC(C)=O)O[C@H]3C(=O)N[C@@H]2[C@@H](OC(C)=O)[C@@H]1OC(C)=O. The average molecular weight is 946 g/mol. The minimum Gasteiger partial charge on any atom is -0.463 e. The van der Waals surface area contributed by atoms with Gasteiger partial charge in [0.15, 0.2) is 54.9 Å². The average Bonchev–Trinajstić information content (AvgIpc) is 3.18. The number of hydrogen-bond donors (Lipinski definition) is 3. The van der Waals surface area contributed by atoms with Gasteiger partial charge in [0.05, 0.1) is 0 Å². The Labute approximate surface area is 375 Å². The first-order chi connectivity index (χ1) is 30.9. The predicted octanol–water partition coefficient (Wildman–Crippen LogP) is -3.96. The van der Waals surface area contributed by atoms with Crippen LogP contribution in [0, 0.1) is 0 Å². The maximum Gasteiger partial charge on any atom is 0.303 e. The van der Waals surface area contributed by atoms with E-state index < -0.39 is 183 Å². The first kappa shape index (κ1) is 52.1. The monoisotopic (exact) mass is 945 g/mol. The third-order valence-corrected chi connectivity index (χ3v) is 9.94. The number of amides is 3. The molecular weight excluding hydrogens is 894 g/mol. The number of hydrogen-bond acceptors (Lipinski definition) is 24. The lowest BCUT2D eigenvalue weighted by molar-refractivity contribution is -0.235. The Hall–Kier alpha value is -6.48. The minimum absolute atomic E-state index is 0.761. The van der Waals surface area contributed by atoms with Crippen LogP contribution in [0.15, 0.2) is 0 Å². The zero-order valence-electron chi connectivity index (χ0n) is 37.1. The van der Waals surface area contributed by atoms with E-state index in [0.717, 1.165) is 62.3 Å². The molecule has 3 N–H and O–H groups in total. The molecule has 0 bridgehead atoms. The van der Waals surface area contributed by atoms with Crippen molar-refractivity contribution < 1.29 is 114 Å². The van der Waals surface area contributed by atoms with Crippen LogP contribution in [0.1, 0.15) is 62.3 Å². The normalized spacial score (nSPS) is 32.9. The third kappa shape index (κ3) is 13.5. The molecule has 27 heteroatoms. The lowest BCUT2D eigenvalue weighted by Crippen LogP contribution is -2.76. The number of carbonyl (C=O) groups excluding carboxylic acids is 12. The van der Waals surface area contributed by atoms with Gasteiger partial charge in [-0.1, -0.05) is 0 Å². The van der Waals surface area contributed by atoms with Crippen LogP contribution in [0.4, 0.5) is 0 Å². The molecule has 0 aliphatic carbocycles. The highest BCUT2D eigenvalue weighted by Crippen LogP contribution is 2.34. The number of rotatable bonds is 12. The summed E-state index contributed by atoms with van der Waals surface area (Å²) >= 11 is 0. The maximum absolute atomic E-state index is 14.8. The fraction of sp³-hybridized carbons (Fsp3) is 0.692. The fourth-order valence-electron chi connectivity index (χ4n) is 7.70. The van der Waals surface area contributed by atoms with E-state index in [-0.39, 0.29) is 0 Å². The Bertz CT molecular complexity index is 1730. The molecule has 4 fully saturated rings. The van der Waals surface area contributed by atoms with Crippen molar-refractivity contribution in [3.05, 3.63) is 0 Å². The van der Waals surface area contributed by atoms with Gasteiger partial charge in [-0.2, -0.15) is 0 Å². The van der Waals surface area contributed by atoms with Crippen LogP contribution in [0.2, 0.25) is 0 Å². The first-order valence-electron chi connectivity index (χ1n) is 20.2. The van der Waals surface area contributed by atoms with Gasteiger partial charge in [-0.05, 0) is 0 Å². The summed E-state index contributed by atoms with van der Waals surface area (Å²) in [6.07, 6.45) is -22.3. The number of esters is 9. The summed E-state index contributed by atoms with van der Waals surface area (Å²) in [6.45, 7) is 6.42.